The summed E-state index contributed by atoms with van der Waals surface area (Å²) in [6.45, 7) is 0.592. The summed E-state index contributed by atoms with van der Waals surface area (Å²) in [5, 5.41) is 0. The highest BCUT2D eigenvalue weighted by molar-refractivity contribution is 6.00. The van der Waals surface area contributed by atoms with Gasteiger partial charge in [0.2, 0.25) is 0 Å². The van der Waals surface area contributed by atoms with E-state index in [0.29, 0.717) is 6.54 Å². The van der Waals surface area contributed by atoms with Crippen molar-refractivity contribution in [2.45, 2.75) is 12.1 Å². The minimum absolute atomic E-state index is 0.0414. The number of hydrogen-bond acceptors (Lipinski definition) is 2. The van der Waals surface area contributed by atoms with Crippen LogP contribution in [0.1, 0.15) is 39.1 Å². The fourth-order valence-corrected chi connectivity index (χ4v) is 3.30. The minimum Gasteiger partial charge on any atom is -0.326 e. The molecule has 0 bridgehead atoms. The van der Waals surface area contributed by atoms with Crippen LogP contribution in [0.15, 0.2) is 48.5 Å². The highest BCUT2D eigenvalue weighted by Gasteiger charge is 2.42. The summed E-state index contributed by atoms with van der Waals surface area (Å²) in [5.41, 5.74) is 10.5. The topological polar surface area (TPSA) is 46.3 Å². The average molecular weight is 250 g/mol. The van der Waals surface area contributed by atoms with Gasteiger partial charge in [0.25, 0.3) is 5.91 Å². The van der Waals surface area contributed by atoms with Gasteiger partial charge in [-0.3, -0.25) is 4.79 Å². The van der Waals surface area contributed by atoms with Crippen molar-refractivity contribution in [3.8, 4) is 0 Å². The summed E-state index contributed by atoms with van der Waals surface area (Å²) in [7, 11) is 0. The van der Waals surface area contributed by atoms with Crippen molar-refractivity contribution in [3.05, 3.63) is 70.8 Å². The Morgan fingerprint density at radius 2 is 1.58 bits per heavy atom. The lowest BCUT2D eigenvalue weighted by Crippen LogP contribution is -2.40. The third-order valence-electron chi connectivity index (χ3n) is 4.14. The third-order valence-corrected chi connectivity index (χ3v) is 4.14. The monoisotopic (exact) mass is 250 g/mol. The van der Waals surface area contributed by atoms with Crippen molar-refractivity contribution >= 4 is 5.91 Å². The first kappa shape index (κ1) is 10.8. The Morgan fingerprint density at radius 3 is 2.37 bits per heavy atom. The van der Waals surface area contributed by atoms with E-state index in [1.165, 1.54) is 5.56 Å². The zero-order chi connectivity index (χ0) is 13.0. The average Bonchev–Trinajstić information content (AvgIpc) is 2.73. The van der Waals surface area contributed by atoms with Crippen molar-refractivity contribution < 1.29 is 4.79 Å². The molecule has 3 nitrogen and oxygen atoms in total. The molecule has 2 atom stereocenters. The third kappa shape index (κ3) is 1.33. The van der Waals surface area contributed by atoms with Gasteiger partial charge >= 0.3 is 0 Å². The molecule has 0 unspecified atom stereocenters. The second-order valence-electron chi connectivity index (χ2n) is 5.18. The SMILES string of the molecule is N[C@H]1CN2C(=O)c3ccccc3[C@@H]2c2ccccc21. The van der Waals surface area contributed by atoms with E-state index in [1.54, 1.807) is 0 Å². The van der Waals surface area contributed by atoms with Crippen LogP contribution >= 0.6 is 0 Å². The van der Waals surface area contributed by atoms with Crippen LogP contribution in [0, 0.1) is 0 Å². The molecule has 2 heterocycles. The van der Waals surface area contributed by atoms with Crippen molar-refractivity contribution in [1.82, 2.24) is 4.90 Å². The number of rotatable bonds is 0. The van der Waals surface area contributed by atoms with Gasteiger partial charge in [0.15, 0.2) is 0 Å². The molecule has 0 saturated carbocycles. The van der Waals surface area contributed by atoms with E-state index < -0.39 is 0 Å². The molecule has 3 heteroatoms. The maximum absolute atomic E-state index is 12.5. The van der Waals surface area contributed by atoms with Gasteiger partial charge in [0.1, 0.15) is 0 Å². The molecule has 0 fully saturated rings. The summed E-state index contributed by atoms with van der Waals surface area (Å²) in [6, 6.07) is 16.0. The molecule has 1 amide bonds. The van der Waals surface area contributed by atoms with Gasteiger partial charge in [-0.2, -0.15) is 0 Å². The van der Waals surface area contributed by atoms with E-state index in [1.807, 2.05) is 41.3 Å². The molecule has 2 aromatic rings. The lowest BCUT2D eigenvalue weighted by atomic mass is 9.88. The standard InChI is InChI=1S/C16H14N2O/c17-14-9-18-15(11-6-2-1-5-10(11)14)12-7-3-4-8-13(12)16(18)19/h1-8,14-15H,9,17H2/t14-,15-/m0/s1. The Morgan fingerprint density at radius 1 is 0.947 bits per heavy atom. The van der Waals surface area contributed by atoms with Gasteiger partial charge in [-0.1, -0.05) is 42.5 Å². The van der Waals surface area contributed by atoms with Crippen LogP contribution < -0.4 is 5.73 Å². The highest BCUT2D eigenvalue weighted by Crippen LogP contribution is 2.44. The largest absolute Gasteiger partial charge is 0.326 e. The Bertz CT molecular complexity index is 680. The maximum Gasteiger partial charge on any atom is 0.255 e. The van der Waals surface area contributed by atoms with Gasteiger partial charge in [0, 0.05) is 18.2 Å². The van der Waals surface area contributed by atoms with E-state index in [2.05, 4.69) is 12.1 Å². The van der Waals surface area contributed by atoms with Gasteiger partial charge < -0.3 is 10.6 Å². The highest BCUT2D eigenvalue weighted by atomic mass is 16.2. The van der Waals surface area contributed by atoms with Gasteiger partial charge in [0.05, 0.1) is 6.04 Å². The second-order valence-corrected chi connectivity index (χ2v) is 5.18. The quantitative estimate of drug-likeness (QED) is 0.779. The number of fused-ring (bicyclic) bond motifs is 5. The summed E-state index contributed by atoms with van der Waals surface area (Å²) >= 11 is 0. The smallest absolute Gasteiger partial charge is 0.255 e. The number of carbonyl (C=O) groups is 1. The van der Waals surface area contributed by atoms with Gasteiger partial charge in [-0.15, -0.1) is 0 Å². The van der Waals surface area contributed by atoms with Crippen molar-refractivity contribution in [2.75, 3.05) is 6.54 Å². The predicted octanol–water partition coefficient (Wildman–Crippen LogP) is 2.25. The molecule has 2 N–H and O–H groups in total. The normalized spacial score (nSPS) is 23.8. The zero-order valence-corrected chi connectivity index (χ0v) is 10.4. The maximum atomic E-state index is 12.5. The van der Waals surface area contributed by atoms with Crippen molar-refractivity contribution in [3.63, 3.8) is 0 Å². The number of nitrogens with two attached hydrogens (primary N) is 1. The number of amides is 1. The Hall–Kier alpha value is -2.13. The number of hydrogen-bond donors (Lipinski definition) is 1. The first-order chi connectivity index (χ1) is 9.27. The molecule has 0 aliphatic carbocycles. The predicted molar refractivity (Wildman–Crippen MR) is 72.7 cm³/mol. The molecule has 2 aliphatic heterocycles. The van der Waals surface area contributed by atoms with Crippen LogP contribution in [-0.2, 0) is 0 Å². The molecule has 0 saturated heterocycles. The fourth-order valence-electron chi connectivity index (χ4n) is 3.30. The molecule has 0 radical (unpaired) electrons. The molecule has 4 rings (SSSR count). The minimum atomic E-state index is -0.0919. The summed E-state index contributed by atoms with van der Waals surface area (Å²) in [4.78, 5) is 14.4. The van der Waals surface area contributed by atoms with E-state index in [-0.39, 0.29) is 18.0 Å². The second kappa shape index (κ2) is 3.68. The fraction of sp³-hybridized carbons (Fsp3) is 0.188. The lowest BCUT2D eigenvalue weighted by Gasteiger charge is -2.35. The lowest BCUT2D eigenvalue weighted by molar-refractivity contribution is 0.0722. The zero-order valence-electron chi connectivity index (χ0n) is 10.4. The van der Waals surface area contributed by atoms with Gasteiger partial charge in [-0.05, 0) is 22.8 Å². The number of carbonyl (C=O) groups excluding carboxylic acids is 1. The Balaban J connectivity index is 1.98. The van der Waals surface area contributed by atoms with Gasteiger partial charge in [-0.25, -0.2) is 0 Å². The molecular weight excluding hydrogens is 236 g/mol. The molecule has 0 spiro atoms. The summed E-state index contributed by atoms with van der Waals surface area (Å²) in [6.07, 6.45) is 0. The van der Waals surface area contributed by atoms with Crippen LogP contribution in [0.2, 0.25) is 0 Å². The molecule has 2 aliphatic rings. The molecular formula is C16H14N2O. The summed E-state index contributed by atoms with van der Waals surface area (Å²) < 4.78 is 0. The molecule has 94 valence electrons. The van der Waals surface area contributed by atoms with Crippen LogP contribution in [0.5, 0.6) is 0 Å². The summed E-state index contributed by atoms with van der Waals surface area (Å²) in [5.74, 6) is 0.102. The molecule has 2 aromatic carbocycles. The number of benzene rings is 2. The first-order valence-corrected chi connectivity index (χ1v) is 6.51. The van der Waals surface area contributed by atoms with E-state index >= 15 is 0 Å². The van der Waals surface area contributed by atoms with Crippen molar-refractivity contribution in [2.24, 2.45) is 5.73 Å². The van der Waals surface area contributed by atoms with E-state index in [0.717, 1.165) is 16.7 Å². The van der Waals surface area contributed by atoms with Crippen LogP contribution in [-0.4, -0.2) is 17.4 Å². The Labute approximate surface area is 111 Å². The van der Waals surface area contributed by atoms with Crippen molar-refractivity contribution in [1.29, 1.82) is 0 Å². The van der Waals surface area contributed by atoms with Crippen LogP contribution in [0.3, 0.4) is 0 Å². The van der Waals surface area contributed by atoms with E-state index in [9.17, 15) is 4.79 Å². The Kier molecular flexibility index (Phi) is 2.09. The van der Waals surface area contributed by atoms with Crippen LogP contribution in [0.25, 0.3) is 0 Å². The molecule has 0 aromatic heterocycles. The number of nitrogens with zero attached hydrogens (tertiary/aromatic N) is 1. The van der Waals surface area contributed by atoms with E-state index in [4.69, 9.17) is 5.73 Å². The molecule has 19 heavy (non-hydrogen) atoms. The first-order valence-electron chi connectivity index (χ1n) is 6.51. The van der Waals surface area contributed by atoms with Crippen LogP contribution in [0.4, 0.5) is 0 Å².